The van der Waals surface area contributed by atoms with Gasteiger partial charge in [0.2, 0.25) is 5.91 Å². The molecule has 10 heteroatoms. The molecule has 3 saturated carbocycles. The van der Waals surface area contributed by atoms with Crippen molar-refractivity contribution in [1.29, 1.82) is 5.26 Å². The van der Waals surface area contributed by atoms with Crippen molar-refractivity contribution in [3.8, 4) is 6.07 Å². The van der Waals surface area contributed by atoms with Crippen LogP contribution in [0.25, 0.3) is 11.0 Å². The molecule has 1 aromatic carbocycles. The van der Waals surface area contributed by atoms with Crippen molar-refractivity contribution < 1.29 is 28.1 Å². The zero-order chi connectivity index (χ0) is 28.1. The highest BCUT2D eigenvalue weighted by Gasteiger charge is 2.68. The van der Waals surface area contributed by atoms with E-state index in [0.717, 1.165) is 35.8 Å². The lowest BCUT2D eigenvalue weighted by molar-refractivity contribution is -0.199. The van der Waals surface area contributed by atoms with Crippen LogP contribution in [-0.4, -0.2) is 60.9 Å². The second-order valence-corrected chi connectivity index (χ2v) is 12.7. The number of furan rings is 1. The van der Waals surface area contributed by atoms with Crippen molar-refractivity contribution in [2.75, 3.05) is 13.1 Å². The molecule has 9 nitrogen and oxygen atoms in total. The average molecular weight is 547 g/mol. The molecule has 1 N–H and O–H groups in total. The number of carbonyl (C=O) groups is 2. The molecule has 5 aliphatic rings. The second kappa shape index (κ2) is 10.4. The predicted molar refractivity (Wildman–Crippen MR) is 148 cm³/mol. The molecule has 2 aliphatic heterocycles. The lowest BCUT2D eigenvalue weighted by Gasteiger charge is -2.64. The summed E-state index contributed by atoms with van der Waals surface area (Å²) in [4.78, 5) is 27.0. The average Bonchev–Trinajstić information content (AvgIpc) is 3.51. The van der Waals surface area contributed by atoms with Gasteiger partial charge in [-0.25, -0.2) is 4.79 Å². The van der Waals surface area contributed by atoms with Crippen LogP contribution in [0, 0.1) is 28.6 Å². The van der Waals surface area contributed by atoms with Gasteiger partial charge in [-0.05, 0) is 74.3 Å². The molecule has 2 saturated heterocycles. The third-order valence-corrected chi connectivity index (χ3v) is 10.1. The molecule has 0 radical (unpaired) electrons. The van der Waals surface area contributed by atoms with Crippen molar-refractivity contribution in [2.45, 2.75) is 89.5 Å². The summed E-state index contributed by atoms with van der Waals surface area (Å²) >= 11 is 0. The fraction of sp³-hybridized carbons (Fsp3) is 0.633. The SMILES string of the molecule is CC1(C)[C@@H]2C[C@H]3OB([C@H](CCc4coc5ccccc45)NC(=O)O[C@H]4CCCN(C(=O)CC#N)C4)O[C@@]3(C)[C@H]1C2. The van der Waals surface area contributed by atoms with Crippen molar-refractivity contribution in [1.82, 2.24) is 10.2 Å². The first-order valence-electron chi connectivity index (χ1n) is 14.6. The maximum Gasteiger partial charge on any atom is 0.481 e. The van der Waals surface area contributed by atoms with Crippen molar-refractivity contribution in [3.63, 3.8) is 0 Å². The number of piperidine rings is 1. The number of rotatable bonds is 7. The molecule has 40 heavy (non-hydrogen) atoms. The topological polar surface area (TPSA) is 114 Å². The fourth-order valence-electron chi connectivity index (χ4n) is 7.66. The van der Waals surface area contributed by atoms with Gasteiger partial charge in [0.15, 0.2) is 0 Å². The molecule has 212 valence electrons. The number of hydrogen-bond donors (Lipinski definition) is 1. The van der Waals surface area contributed by atoms with Gasteiger partial charge in [0.1, 0.15) is 18.1 Å². The van der Waals surface area contributed by atoms with Gasteiger partial charge in [0, 0.05) is 11.9 Å². The van der Waals surface area contributed by atoms with E-state index in [-0.39, 0.29) is 29.4 Å². The highest BCUT2D eigenvalue weighted by Crippen LogP contribution is 2.65. The maximum absolute atomic E-state index is 13.2. The van der Waals surface area contributed by atoms with Gasteiger partial charge in [-0.15, -0.1) is 0 Å². The summed E-state index contributed by atoms with van der Waals surface area (Å²) in [7, 11) is -0.587. The first-order valence-corrected chi connectivity index (χ1v) is 14.6. The van der Waals surface area contributed by atoms with Gasteiger partial charge in [0.25, 0.3) is 0 Å². The lowest BCUT2D eigenvalue weighted by atomic mass is 9.43. The van der Waals surface area contributed by atoms with Crippen LogP contribution in [0.1, 0.15) is 64.9 Å². The molecule has 0 spiro atoms. The van der Waals surface area contributed by atoms with E-state index in [9.17, 15) is 9.59 Å². The summed E-state index contributed by atoms with van der Waals surface area (Å²) in [6.45, 7) is 7.71. The summed E-state index contributed by atoms with van der Waals surface area (Å²) in [6.07, 6.45) is 5.42. The summed E-state index contributed by atoms with van der Waals surface area (Å²) in [5.41, 5.74) is 1.74. The van der Waals surface area contributed by atoms with E-state index < -0.39 is 25.3 Å². The number of benzene rings is 1. The number of ether oxygens (including phenoxy) is 1. The van der Waals surface area contributed by atoms with Crippen LogP contribution in [0.5, 0.6) is 0 Å². The van der Waals surface area contributed by atoms with Crippen LogP contribution < -0.4 is 5.32 Å². The molecule has 2 bridgehead atoms. The second-order valence-electron chi connectivity index (χ2n) is 12.7. The molecule has 2 amide bonds. The number of nitriles is 1. The number of aryl methyl sites for hydroxylation is 1. The number of alkyl carbamates (subject to hydrolysis) is 1. The van der Waals surface area contributed by atoms with Crippen molar-refractivity contribution >= 4 is 30.1 Å². The van der Waals surface area contributed by atoms with Gasteiger partial charge >= 0.3 is 13.2 Å². The number of fused-ring (bicyclic) bond motifs is 1. The minimum absolute atomic E-state index is 0.00222. The summed E-state index contributed by atoms with van der Waals surface area (Å²) in [5, 5.41) is 13.0. The first kappa shape index (κ1) is 27.2. The normalized spacial score (nSPS) is 31.1. The smallest absolute Gasteiger partial charge is 0.464 e. The number of carbonyl (C=O) groups excluding carboxylic acids is 2. The van der Waals surface area contributed by atoms with Crippen LogP contribution in [0.4, 0.5) is 4.79 Å². The maximum atomic E-state index is 13.2. The summed E-state index contributed by atoms with van der Waals surface area (Å²) in [5.74, 6) is 0.387. The van der Waals surface area contributed by atoms with E-state index in [1.807, 2.05) is 30.3 Å². The Morgan fingerprint density at radius 3 is 2.90 bits per heavy atom. The Balaban J connectivity index is 1.16. The molecule has 6 atom stereocenters. The fourth-order valence-corrected chi connectivity index (χ4v) is 7.66. The molecule has 5 fully saturated rings. The summed E-state index contributed by atoms with van der Waals surface area (Å²) in [6, 6.07) is 9.84. The highest BCUT2D eigenvalue weighted by molar-refractivity contribution is 6.47. The number of nitrogens with zero attached hydrogens (tertiary/aromatic N) is 2. The third kappa shape index (κ3) is 4.77. The Hall–Kier alpha value is -3.03. The van der Waals surface area contributed by atoms with Gasteiger partial charge < -0.3 is 28.7 Å². The van der Waals surface area contributed by atoms with Crippen LogP contribution in [0.15, 0.2) is 34.9 Å². The van der Waals surface area contributed by atoms with E-state index in [1.165, 1.54) is 0 Å². The van der Waals surface area contributed by atoms with Crippen LogP contribution >= 0.6 is 0 Å². The zero-order valence-electron chi connectivity index (χ0n) is 23.6. The molecule has 7 rings (SSSR count). The number of hydrogen-bond acceptors (Lipinski definition) is 7. The summed E-state index contributed by atoms with van der Waals surface area (Å²) < 4.78 is 24.8. The lowest BCUT2D eigenvalue weighted by Crippen LogP contribution is -2.65. The Labute approximate surface area is 235 Å². The number of amides is 2. The van der Waals surface area contributed by atoms with Crippen LogP contribution in [-0.2, 0) is 25.3 Å². The van der Waals surface area contributed by atoms with Gasteiger partial charge in [-0.2, -0.15) is 5.26 Å². The number of nitrogens with one attached hydrogen (secondary N) is 1. The van der Waals surface area contributed by atoms with Crippen molar-refractivity contribution in [3.05, 3.63) is 36.1 Å². The van der Waals surface area contributed by atoms with Gasteiger partial charge in [0.05, 0.1) is 36.5 Å². The van der Waals surface area contributed by atoms with Crippen LogP contribution in [0.2, 0.25) is 0 Å². The Bertz CT molecular complexity index is 1320. The van der Waals surface area contributed by atoms with E-state index >= 15 is 0 Å². The minimum Gasteiger partial charge on any atom is -0.464 e. The number of para-hydroxylation sites is 1. The Kier molecular flexibility index (Phi) is 7.08. The molecule has 2 aromatic rings. The third-order valence-electron chi connectivity index (χ3n) is 10.1. The zero-order valence-corrected chi connectivity index (χ0v) is 23.6. The Morgan fingerprint density at radius 1 is 1.27 bits per heavy atom. The molecule has 3 aliphatic carbocycles. The van der Waals surface area contributed by atoms with Gasteiger partial charge in [-0.3, -0.25) is 4.79 Å². The largest absolute Gasteiger partial charge is 0.481 e. The highest BCUT2D eigenvalue weighted by atomic mass is 16.7. The standard InChI is InChI=1S/C30H38BN3O6/c1-29(2)20-15-24(29)30(3)25(16-20)39-31(40-30)26(11-10-19-18-37-23-9-5-4-8-22(19)23)33-28(36)38-21-7-6-14-34(17-21)27(35)12-13-32/h4-5,8-9,18,20-21,24-26H,6-7,10-12,14-17H2,1-3H3,(H,33,36)/t20-,21-,24-,25+,26-,30-/m0/s1. The molecule has 0 unspecified atom stereocenters. The molecular weight excluding hydrogens is 509 g/mol. The molecule has 3 heterocycles. The Morgan fingerprint density at radius 2 is 2.10 bits per heavy atom. The predicted octanol–water partition coefficient (Wildman–Crippen LogP) is 4.63. The van der Waals surface area contributed by atoms with E-state index in [4.69, 9.17) is 23.7 Å². The van der Waals surface area contributed by atoms with E-state index in [2.05, 4.69) is 26.1 Å². The van der Waals surface area contributed by atoms with Crippen molar-refractivity contribution in [2.24, 2.45) is 17.3 Å². The van der Waals surface area contributed by atoms with E-state index in [1.54, 1.807) is 11.2 Å². The van der Waals surface area contributed by atoms with Gasteiger partial charge in [-0.1, -0.05) is 32.0 Å². The molecule has 1 aromatic heterocycles. The quantitative estimate of drug-likeness (QED) is 0.503. The number of likely N-dealkylation sites (tertiary alicyclic amines) is 1. The molecular formula is C30H38BN3O6. The monoisotopic (exact) mass is 547 g/mol. The van der Waals surface area contributed by atoms with E-state index in [0.29, 0.717) is 44.2 Å². The first-order chi connectivity index (χ1) is 19.2. The minimum atomic E-state index is -0.587. The van der Waals surface area contributed by atoms with Crippen LogP contribution in [0.3, 0.4) is 0 Å².